The number of imidazole rings is 1. The molecule has 0 bridgehead atoms. The maximum absolute atomic E-state index is 11.2. The summed E-state index contributed by atoms with van der Waals surface area (Å²) in [7, 11) is 0. The summed E-state index contributed by atoms with van der Waals surface area (Å²) in [6, 6.07) is 14.4. The Morgan fingerprint density at radius 3 is 2.61 bits per heavy atom. The maximum atomic E-state index is 11.2. The molecule has 1 N–H and O–H groups in total. The number of pyridine rings is 2. The first-order chi connectivity index (χ1) is 16.1. The van der Waals surface area contributed by atoms with Crippen molar-refractivity contribution in [2.45, 2.75) is 6.92 Å². The van der Waals surface area contributed by atoms with Crippen molar-refractivity contribution in [2.75, 3.05) is 5.32 Å². The van der Waals surface area contributed by atoms with E-state index in [1.54, 1.807) is 11.7 Å². The third kappa shape index (κ3) is 4.19. The Labute approximate surface area is 192 Å². The molecule has 0 aliphatic rings. The molecule has 0 aliphatic carbocycles. The lowest BCUT2D eigenvalue weighted by Crippen LogP contribution is -2.00. The summed E-state index contributed by atoms with van der Waals surface area (Å²) >= 11 is 1.52. The monoisotopic (exact) mass is 455 g/mol. The van der Waals surface area contributed by atoms with Crippen molar-refractivity contribution in [3.05, 3.63) is 94.6 Å². The first-order valence-electron chi connectivity index (χ1n) is 9.96. The fourth-order valence-electron chi connectivity index (χ4n) is 3.32. The Bertz CT molecular complexity index is 1410. The highest BCUT2D eigenvalue weighted by molar-refractivity contribution is 7.13. The molecule has 33 heavy (non-hydrogen) atoms. The number of nitrogens with one attached hydrogen (secondary N) is 1. The molecule has 0 radical (unpaired) electrons. The van der Waals surface area contributed by atoms with Crippen molar-refractivity contribution in [1.29, 1.82) is 0 Å². The number of nitrogens with zero attached hydrogens (tertiary/aromatic N) is 6. The highest BCUT2D eigenvalue weighted by Crippen LogP contribution is 2.31. The molecule has 0 unspecified atom stereocenters. The summed E-state index contributed by atoms with van der Waals surface area (Å²) < 4.78 is 1.99. The number of nitro groups is 1. The fraction of sp³-hybridized carbons (Fsp3) is 0.0435. The summed E-state index contributed by atoms with van der Waals surface area (Å²) in [6.07, 6.45) is 7.09. The molecule has 0 amide bonds. The molecule has 0 saturated heterocycles. The van der Waals surface area contributed by atoms with Gasteiger partial charge < -0.3 is 5.32 Å². The van der Waals surface area contributed by atoms with Gasteiger partial charge in [0, 0.05) is 41.6 Å². The predicted molar refractivity (Wildman–Crippen MR) is 127 cm³/mol. The molecular formula is C23H17N7O2S. The van der Waals surface area contributed by atoms with Gasteiger partial charge in [0.05, 0.1) is 27.2 Å². The van der Waals surface area contributed by atoms with Gasteiger partial charge in [0.1, 0.15) is 11.5 Å². The molecular weight excluding hydrogens is 438 g/mol. The Hall–Kier alpha value is -4.44. The van der Waals surface area contributed by atoms with Crippen LogP contribution in [0.25, 0.3) is 27.6 Å². The smallest absolute Gasteiger partial charge is 0.311 e. The van der Waals surface area contributed by atoms with Crippen LogP contribution in [0, 0.1) is 17.0 Å². The van der Waals surface area contributed by atoms with Crippen LogP contribution in [0.3, 0.4) is 0 Å². The van der Waals surface area contributed by atoms with Crippen molar-refractivity contribution in [3.63, 3.8) is 0 Å². The molecule has 5 aromatic rings. The topological polar surface area (TPSA) is 112 Å². The summed E-state index contributed by atoms with van der Waals surface area (Å²) in [5.74, 6) is 0.939. The summed E-state index contributed by atoms with van der Waals surface area (Å²) in [5, 5.41) is 14.3. The zero-order chi connectivity index (χ0) is 22.8. The molecule has 4 aromatic heterocycles. The number of hydrogen-bond acceptors (Lipinski definition) is 8. The Morgan fingerprint density at radius 2 is 1.91 bits per heavy atom. The molecule has 0 saturated carbocycles. The maximum Gasteiger partial charge on any atom is 0.311 e. The van der Waals surface area contributed by atoms with E-state index in [4.69, 9.17) is 4.98 Å². The zero-order valence-electron chi connectivity index (χ0n) is 17.4. The number of thiazole rings is 1. The second kappa shape index (κ2) is 8.60. The molecule has 0 atom stereocenters. The van der Waals surface area contributed by atoms with Gasteiger partial charge in [0.25, 0.3) is 0 Å². The van der Waals surface area contributed by atoms with Gasteiger partial charge >= 0.3 is 5.69 Å². The minimum Gasteiger partial charge on any atom is -0.334 e. The average molecular weight is 456 g/mol. The van der Waals surface area contributed by atoms with Crippen molar-refractivity contribution in [3.8, 4) is 27.6 Å². The average Bonchev–Trinajstić information content (AvgIpc) is 3.51. The molecule has 1 aromatic carbocycles. The third-order valence-corrected chi connectivity index (χ3v) is 5.75. The van der Waals surface area contributed by atoms with Crippen LogP contribution in [0.5, 0.6) is 0 Å². The third-order valence-electron chi connectivity index (χ3n) is 4.95. The first-order valence-corrected chi connectivity index (χ1v) is 10.8. The second-order valence-electron chi connectivity index (χ2n) is 7.17. The molecule has 5 rings (SSSR count). The number of aryl methyl sites for hydroxylation is 1. The Balaban J connectivity index is 1.51. The Kier molecular flexibility index (Phi) is 5.33. The summed E-state index contributed by atoms with van der Waals surface area (Å²) in [5.41, 5.74) is 5.90. The van der Waals surface area contributed by atoms with Gasteiger partial charge in [-0.25, -0.2) is 9.97 Å². The van der Waals surface area contributed by atoms with Crippen LogP contribution in [0.15, 0.2) is 78.8 Å². The van der Waals surface area contributed by atoms with E-state index in [2.05, 4.69) is 20.3 Å². The van der Waals surface area contributed by atoms with E-state index >= 15 is 0 Å². The van der Waals surface area contributed by atoms with Crippen LogP contribution < -0.4 is 5.32 Å². The lowest BCUT2D eigenvalue weighted by atomic mass is 10.2. The first kappa shape index (κ1) is 20.5. The summed E-state index contributed by atoms with van der Waals surface area (Å²) in [6.45, 7) is 1.94. The molecule has 4 heterocycles. The van der Waals surface area contributed by atoms with Gasteiger partial charge in [0.2, 0.25) is 5.82 Å². The molecule has 0 spiro atoms. The highest BCUT2D eigenvalue weighted by Gasteiger charge is 2.16. The highest BCUT2D eigenvalue weighted by atomic mass is 32.1. The normalized spacial score (nSPS) is 10.8. The second-order valence-corrected chi connectivity index (χ2v) is 8.06. The van der Waals surface area contributed by atoms with E-state index in [9.17, 15) is 10.1 Å². The van der Waals surface area contributed by atoms with E-state index < -0.39 is 4.92 Å². The van der Waals surface area contributed by atoms with Gasteiger partial charge in [-0.2, -0.15) is 0 Å². The van der Waals surface area contributed by atoms with Crippen molar-refractivity contribution >= 4 is 28.5 Å². The molecule has 0 aliphatic heterocycles. The Morgan fingerprint density at radius 1 is 1.06 bits per heavy atom. The quantitative estimate of drug-likeness (QED) is 0.269. The molecule has 162 valence electrons. The standard InChI is InChI=1S/C23H17N7O2S/c1-15-4-9-18(11-26-15)29-13-19(21-12-24-14-33-21)28-23(29)16-5-7-17(8-6-16)27-22-20(30(31)32)3-2-10-25-22/h2-14H,1H3,(H,25,27). The van der Waals surface area contributed by atoms with Crippen LogP contribution in [0.2, 0.25) is 0 Å². The number of aromatic nitrogens is 5. The number of anilines is 2. The molecule has 9 nitrogen and oxygen atoms in total. The van der Waals surface area contributed by atoms with Gasteiger partial charge in [-0.05, 0) is 49.4 Å². The molecule has 0 fully saturated rings. The fourth-order valence-corrected chi connectivity index (χ4v) is 3.90. The number of benzene rings is 1. The molecule has 10 heteroatoms. The van der Waals surface area contributed by atoms with Crippen molar-refractivity contribution < 1.29 is 4.92 Å². The predicted octanol–water partition coefficient (Wildman–Crippen LogP) is 5.41. The minimum atomic E-state index is -0.461. The van der Waals surface area contributed by atoms with E-state index in [0.717, 1.165) is 33.3 Å². The SMILES string of the molecule is Cc1ccc(-n2cc(-c3cncs3)nc2-c2ccc(Nc3ncccc3[N+](=O)[O-])cc2)cn1. The van der Waals surface area contributed by atoms with E-state index in [1.165, 1.54) is 29.7 Å². The van der Waals surface area contributed by atoms with Crippen LogP contribution >= 0.6 is 11.3 Å². The van der Waals surface area contributed by atoms with Crippen molar-refractivity contribution in [2.24, 2.45) is 0 Å². The van der Waals surface area contributed by atoms with E-state index in [0.29, 0.717) is 5.69 Å². The van der Waals surface area contributed by atoms with E-state index in [1.807, 2.05) is 60.3 Å². The largest absolute Gasteiger partial charge is 0.334 e. The van der Waals surface area contributed by atoms with Crippen molar-refractivity contribution in [1.82, 2.24) is 24.5 Å². The minimum absolute atomic E-state index is 0.0850. The van der Waals surface area contributed by atoms with Crippen LogP contribution in [-0.4, -0.2) is 29.4 Å². The lowest BCUT2D eigenvalue weighted by molar-refractivity contribution is -0.384. The van der Waals surface area contributed by atoms with Gasteiger partial charge in [-0.3, -0.25) is 24.6 Å². The van der Waals surface area contributed by atoms with E-state index in [-0.39, 0.29) is 11.5 Å². The number of hydrogen-bond donors (Lipinski definition) is 1. The van der Waals surface area contributed by atoms with Crippen LogP contribution in [0.1, 0.15) is 5.69 Å². The lowest BCUT2D eigenvalue weighted by Gasteiger charge is -2.09. The zero-order valence-corrected chi connectivity index (χ0v) is 18.2. The van der Waals surface area contributed by atoms with Gasteiger partial charge in [0.15, 0.2) is 0 Å². The number of rotatable bonds is 6. The van der Waals surface area contributed by atoms with Gasteiger partial charge in [-0.15, -0.1) is 11.3 Å². The van der Waals surface area contributed by atoms with Crippen LogP contribution in [0.4, 0.5) is 17.2 Å². The summed E-state index contributed by atoms with van der Waals surface area (Å²) in [4.78, 5) is 29.3. The van der Waals surface area contributed by atoms with Crippen LogP contribution in [-0.2, 0) is 0 Å². The van der Waals surface area contributed by atoms with Gasteiger partial charge in [-0.1, -0.05) is 0 Å².